The van der Waals surface area contributed by atoms with E-state index in [-0.39, 0.29) is 13.2 Å². The summed E-state index contributed by atoms with van der Waals surface area (Å²) in [5, 5.41) is 21.1. The molecule has 0 radical (unpaired) electrons. The molecule has 0 saturated carbocycles. The molecule has 1 aromatic carbocycles. The average Bonchev–Trinajstić information content (AvgIpc) is 2.71. The summed E-state index contributed by atoms with van der Waals surface area (Å²) in [4.78, 5) is 12.4. The Balaban J connectivity index is 0.000000759. The molecule has 0 aliphatic rings. The van der Waals surface area contributed by atoms with Crippen LogP contribution in [0.3, 0.4) is 0 Å². The fourth-order valence-electron chi connectivity index (χ4n) is 3.57. The average molecular weight is 439 g/mol. The van der Waals surface area contributed by atoms with E-state index in [9.17, 15) is 4.79 Å². The molecule has 6 nitrogen and oxygen atoms in total. The Hall–Kier alpha value is -1.79. The third-order valence-electron chi connectivity index (χ3n) is 4.94. The number of unbranched alkanes of at least 4 members (excludes halogenated alkanes) is 2. The largest absolute Gasteiger partial charge is 0.495 e. The van der Waals surface area contributed by atoms with Crippen LogP contribution in [0.5, 0.6) is 5.75 Å². The first-order chi connectivity index (χ1) is 14.7. The van der Waals surface area contributed by atoms with Gasteiger partial charge in [0, 0.05) is 45.5 Å². The molecule has 0 aliphatic heterocycles. The number of nitrogens with one attached hydrogen (secondary N) is 1. The van der Waals surface area contributed by atoms with Crippen molar-refractivity contribution in [2.45, 2.75) is 66.2 Å². The lowest BCUT2D eigenvalue weighted by Gasteiger charge is -2.27. The lowest BCUT2D eigenvalue weighted by atomic mass is 9.84. The van der Waals surface area contributed by atoms with Crippen LogP contribution in [0.2, 0.25) is 0 Å². The monoisotopic (exact) mass is 438 g/mol. The summed E-state index contributed by atoms with van der Waals surface area (Å²) >= 11 is 0. The topological polar surface area (TPSA) is 82.0 Å². The summed E-state index contributed by atoms with van der Waals surface area (Å²) in [6.07, 6.45) is 6.31. The first-order valence-electron chi connectivity index (χ1n) is 11.5. The molecule has 0 heterocycles. The van der Waals surface area contributed by atoms with Gasteiger partial charge in [0.05, 0.1) is 12.8 Å². The summed E-state index contributed by atoms with van der Waals surface area (Å²) in [7, 11) is 3.57. The maximum absolute atomic E-state index is 10.1. The van der Waals surface area contributed by atoms with Gasteiger partial charge in [0.25, 0.3) is 0 Å². The molecular weight excluding hydrogens is 392 g/mol. The number of methoxy groups -OCH3 is 1. The molecular formula is C25H46N2O4. The molecule has 0 amide bonds. The number of aliphatic hydroxyl groups excluding tert-OH is 2. The lowest BCUT2D eigenvalue weighted by Crippen LogP contribution is -2.26. The van der Waals surface area contributed by atoms with Gasteiger partial charge in [0.15, 0.2) is 0 Å². The van der Waals surface area contributed by atoms with Crippen LogP contribution in [-0.4, -0.2) is 57.0 Å². The van der Waals surface area contributed by atoms with E-state index in [1.807, 2.05) is 19.2 Å². The second-order valence-corrected chi connectivity index (χ2v) is 9.26. The first-order valence-corrected chi connectivity index (χ1v) is 11.5. The van der Waals surface area contributed by atoms with Crippen LogP contribution < -0.4 is 15.0 Å². The Morgan fingerprint density at radius 1 is 1.10 bits per heavy atom. The van der Waals surface area contributed by atoms with Crippen molar-refractivity contribution in [1.29, 1.82) is 0 Å². The molecule has 1 aromatic rings. The summed E-state index contributed by atoms with van der Waals surface area (Å²) in [5.41, 5.74) is 2.46. The highest BCUT2D eigenvalue weighted by atomic mass is 16.5. The molecule has 0 fully saturated rings. The Bertz CT molecular complexity index is 577. The zero-order valence-electron chi connectivity index (χ0n) is 20.6. The van der Waals surface area contributed by atoms with Gasteiger partial charge in [-0.3, -0.25) is 0 Å². The van der Waals surface area contributed by atoms with E-state index in [1.54, 1.807) is 7.11 Å². The normalized spacial score (nSPS) is 11.9. The van der Waals surface area contributed by atoms with E-state index in [2.05, 4.69) is 44.0 Å². The quantitative estimate of drug-likeness (QED) is 0.288. The number of hydrogen-bond acceptors (Lipinski definition) is 6. The van der Waals surface area contributed by atoms with E-state index < -0.39 is 0 Å². The summed E-state index contributed by atoms with van der Waals surface area (Å²) in [5.74, 6) is 1.39. The summed E-state index contributed by atoms with van der Waals surface area (Å²) in [6.45, 7) is 10.9. The van der Waals surface area contributed by atoms with Crippen LogP contribution >= 0.6 is 0 Å². The molecule has 1 rings (SSSR count). The highest BCUT2D eigenvalue weighted by molar-refractivity contribution is 5.66. The smallest absolute Gasteiger partial charge is 0.142 e. The van der Waals surface area contributed by atoms with Crippen molar-refractivity contribution in [3.05, 3.63) is 18.2 Å². The first kappa shape index (κ1) is 29.2. The minimum absolute atomic E-state index is 0.220. The van der Waals surface area contributed by atoms with Gasteiger partial charge in [-0.2, -0.15) is 0 Å². The molecule has 1 atom stereocenters. The molecule has 0 aromatic heterocycles. The molecule has 0 spiro atoms. The van der Waals surface area contributed by atoms with Crippen LogP contribution in [0.1, 0.15) is 66.2 Å². The number of anilines is 2. The molecule has 1 unspecified atom stereocenters. The number of ether oxygens (including phenoxy) is 1. The number of carbonyl (C=O) groups excluding carboxylic acids is 1. The summed E-state index contributed by atoms with van der Waals surface area (Å²) in [6, 6.07) is 6.03. The molecule has 0 bridgehead atoms. The van der Waals surface area contributed by atoms with Gasteiger partial charge in [-0.1, -0.05) is 27.7 Å². The number of rotatable bonds is 14. The van der Waals surface area contributed by atoms with Gasteiger partial charge in [-0.05, 0) is 61.6 Å². The Morgan fingerprint density at radius 2 is 1.68 bits per heavy atom. The number of hydrogen-bond donors (Lipinski definition) is 3. The number of nitrogens with zero attached hydrogens (tertiary/aromatic N) is 1. The fourth-order valence-corrected chi connectivity index (χ4v) is 3.57. The molecule has 0 aliphatic carbocycles. The van der Waals surface area contributed by atoms with Crippen LogP contribution in [0.25, 0.3) is 0 Å². The van der Waals surface area contributed by atoms with Gasteiger partial charge in [-0.25, -0.2) is 0 Å². The predicted molar refractivity (Wildman–Crippen MR) is 131 cm³/mol. The van der Waals surface area contributed by atoms with Crippen molar-refractivity contribution in [2.75, 3.05) is 50.7 Å². The second kappa shape index (κ2) is 16.8. The van der Waals surface area contributed by atoms with Crippen LogP contribution in [0.15, 0.2) is 18.2 Å². The van der Waals surface area contributed by atoms with E-state index >= 15 is 0 Å². The number of aldehydes is 1. The van der Waals surface area contributed by atoms with Crippen molar-refractivity contribution in [3.63, 3.8) is 0 Å². The minimum atomic E-state index is 0.220. The molecule has 180 valence electrons. The van der Waals surface area contributed by atoms with Crippen molar-refractivity contribution >= 4 is 17.7 Å². The van der Waals surface area contributed by atoms with E-state index in [0.29, 0.717) is 17.8 Å². The fraction of sp³-hybridized carbons (Fsp3) is 0.720. The lowest BCUT2D eigenvalue weighted by molar-refractivity contribution is -0.108. The van der Waals surface area contributed by atoms with Gasteiger partial charge in [0.1, 0.15) is 12.0 Å². The van der Waals surface area contributed by atoms with Gasteiger partial charge in [0.2, 0.25) is 0 Å². The Labute approximate surface area is 190 Å². The van der Waals surface area contributed by atoms with Gasteiger partial charge >= 0.3 is 0 Å². The number of benzene rings is 1. The zero-order chi connectivity index (χ0) is 23.7. The highest BCUT2D eigenvalue weighted by Crippen LogP contribution is 2.31. The standard InChI is InChI=1S/C16H28N2O3.C9H18O/c1-17-14-7-8-16(21-2)15(13-14)18(9-3-5-11-19)10-4-6-12-20;1-8(5-6-10)7-9(2,3)4/h7-8,13,17,19-20H,3-6,9-12H2,1-2H3;6,8H,5,7H2,1-4H3. The highest BCUT2D eigenvalue weighted by Gasteiger charge is 2.14. The van der Waals surface area contributed by atoms with Crippen molar-refractivity contribution in [3.8, 4) is 5.75 Å². The van der Waals surface area contributed by atoms with E-state index in [1.165, 1.54) is 0 Å². The van der Waals surface area contributed by atoms with Crippen molar-refractivity contribution in [2.24, 2.45) is 11.3 Å². The summed E-state index contributed by atoms with van der Waals surface area (Å²) < 4.78 is 5.47. The van der Waals surface area contributed by atoms with Crippen molar-refractivity contribution < 1.29 is 19.7 Å². The third kappa shape index (κ3) is 14.0. The maximum Gasteiger partial charge on any atom is 0.142 e. The third-order valence-corrected chi connectivity index (χ3v) is 4.94. The van der Waals surface area contributed by atoms with Crippen molar-refractivity contribution in [1.82, 2.24) is 0 Å². The molecule has 3 N–H and O–H groups in total. The Morgan fingerprint density at radius 3 is 2.10 bits per heavy atom. The molecule has 6 heteroatoms. The maximum atomic E-state index is 10.1. The minimum Gasteiger partial charge on any atom is -0.495 e. The Kier molecular flexibility index (Phi) is 15.9. The van der Waals surface area contributed by atoms with E-state index in [4.69, 9.17) is 14.9 Å². The van der Waals surface area contributed by atoms with E-state index in [0.717, 1.165) is 68.6 Å². The SMILES string of the molecule is CC(CC=O)CC(C)(C)C.CNc1ccc(OC)c(N(CCCCO)CCCCO)c1. The van der Waals surface area contributed by atoms with Gasteiger partial charge < -0.3 is 30.0 Å². The number of carbonyl (C=O) groups is 1. The van der Waals surface area contributed by atoms with Crippen LogP contribution in [0, 0.1) is 11.3 Å². The van der Waals surface area contributed by atoms with Crippen LogP contribution in [0.4, 0.5) is 11.4 Å². The molecule has 0 saturated heterocycles. The van der Waals surface area contributed by atoms with Gasteiger partial charge in [-0.15, -0.1) is 0 Å². The predicted octanol–water partition coefficient (Wildman–Crippen LogP) is 4.74. The second-order valence-electron chi connectivity index (χ2n) is 9.26. The van der Waals surface area contributed by atoms with Crippen LogP contribution in [-0.2, 0) is 4.79 Å². The number of aliphatic hydroxyl groups is 2. The molecule has 31 heavy (non-hydrogen) atoms. The zero-order valence-corrected chi connectivity index (χ0v) is 20.6.